The van der Waals surface area contributed by atoms with E-state index in [4.69, 9.17) is 9.15 Å². The standard InChI is InChI=1S/C18H12O3/c1-20-16-12-17-15(9-10-18(19)21-17)11-14(16)8-7-13-5-3-2-4-6-13/h2-6,9-12H,1H3. The maximum absolute atomic E-state index is 11.2. The number of hydrogen-bond acceptors (Lipinski definition) is 3. The fraction of sp³-hybridized carbons (Fsp3) is 0.0556. The van der Waals surface area contributed by atoms with Crippen LogP contribution in [0.2, 0.25) is 0 Å². The van der Waals surface area contributed by atoms with Gasteiger partial charge in [0.15, 0.2) is 0 Å². The molecule has 0 fully saturated rings. The highest BCUT2D eigenvalue weighted by Gasteiger charge is 2.05. The summed E-state index contributed by atoms with van der Waals surface area (Å²) in [5.41, 5.74) is 1.79. The van der Waals surface area contributed by atoms with Crippen molar-refractivity contribution in [3.63, 3.8) is 0 Å². The van der Waals surface area contributed by atoms with Crippen molar-refractivity contribution in [2.24, 2.45) is 0 Å². The third-order valence-electron chi connectivity index (χ3n) is 3.06. The number of ether oxygens (including phenoxy) is 1. The molecule has 0 radical (unpaired) electrons. The lowest BCUT2D eigenvalue weighted by molar-refractivity contribution is 0.413. The molecule has 102 valence electrons. The first kappa shape index (κ1) is 13.0. The van der Waals surface area contributed by atoms with Gasteiger partial charge in [-0.2, -0.15) is 0 Å². The monoisotopic (exact) mass is 276 g/mol. The zero-order valence-electron chi connectivity index (χ0n) is 11.4. The lowest BCUT2D eigenvalue weighted by Crippen LogP contribution is -1.96. The largest absolute Gasteiger partial charge is 0.495 e. The molecular weight excluding hydrogens is 264 g/mol. The molecule has 3 heteroatoms. The number of benzene rings is 2. The Kier molecular flexibility index (Phi) is 3.44. The second-order valence-corrected chi connectivity index (χ2v) is 4.46. The molecule has 1 heterocycles. The van der Waals surface area contributed by atoms with Gasteiger partial charge in [0.1, 0.15) is 11.3 Å². The van der Waals surface area contributed by atoms with Crippen LogP contribution in [0.4, 0.5) is 0 Å². The SMILES string of the molecule is COc1cc2oc(=O)ccc2cc1C#Cc1ccccc1. The Bertz CT molecular complexity index is 896. The quantitative estimate of drug-likeness (QED) is 0.506. The van der Waals surface area contributed by atoms with Gasteiger partial charge in [-0.15, -0.1) is 0 Å². The van der Waals surface area contributed by atoms with Crippen molar-refractivity contribution in [3.8, 4) is 17.6 Å². The van der Waals surface area contributed by atoms with Gasteiger partial charge < -0.3 is 9.15 Å². The highest BCUT2D eigenvalue weighted by Crippen LogP contribution is 2.24. The molecule has 0 bridgehead atoms. The van der Waals surface area contributed by atoms with E-state index in [2.05, 4.69) is 11.8 Å². The van der Waals surface area contributed by atoms with Gasteiger partial charge >= 0.3 is 5.63 Å². The zero-order valence-corrected chi connectivity index (χ0v) is 11.4. The third-order valence-corrected chi connectivity index (χ3v) is 3.06. The van der Waals surface area contributed by atoms with Crippen LogP contribution in [-0.4, -0.2) is 7.11 Å². The minimum absolute atomic E-state index is 0.382. The minimum Gasteiger partial charge on any atom is -0.495 e. The summed E-state index contributed by atoms with van der Waals surface area (Å²) in [6.07, 6.45) is 0. The predicted octanol–water partition coefficient (Wildman–Crippen LogP) is 3.20. The average molecular weight is 276 g/mol. The van der Waals surface area contributed by atoms with E-state index < -0.39 is 0 Å². The Labute approximate surface area is 121 Å². The highest BCUT2D eigenvalue weighted by molar-refractivity contribution is 5.80. The molecule has 0 aliphatic heterocycles. The number of fused-ring (bicyclic) bond motifs is 1. The Morgan fingerprint density at radius 1 is 1.00 bits per heavy atom. The molecular formula is C18H12O3. The molecule has 2 aromatic carbocycles. The van der Waals surface area contributed by atoms with Crippen molar-refractivity contribution < 1.29 is 9.15 Å². The van der Waals surface area contributed by atoms with Crippen LogP contribution in [-0.2, 0) is 0 Å². The van der Waals surface area contributed by atoms with Crippen LogP contribution in [0.25, 0.3) is 11.0 Å². The fourth-order valence-electron chi connectivity index (χ4n) is 2.02. The van der Waals surface area contributed by atoms with Crippen molar-refractivity contribution in [2.45, 2.75) is 0 Å². The summed E-state index contributed by atoms with van der Waals surface area (Å²) in [5.74, 6) is 6.77. The maximum atomic E-state index is 11.2. The molecule has 0 atom stereocenters. The molecule has 0 aliphatic rings. The summed E-state index contributed by atoms with van der Waals surface area (Å²) >= 11 is 0. The summed E-state index contributed by atoms with van der Waals surface area (Å²) < 4.78 is 10.5. The fourth-order valence-corrected chi connectivity index (χ4v) is 2.02. The predicted molar refractivity (Wildman–Crippen MR) is 81.5 cm³/mol. The topological polar surface area (TPSA) is 39.4 Å². The Morgan fingerprint density at radius 3 is 2.57 bits per heavy atom. The van der Waals surface area contributed by atoms with E-state index >= 15 is 0 Å². The molecule has 0 amide bonds. The summed E-state index contributed by atoms with van der Waals surface area (Å²) in [4.78, 5) is 11.2. The van der Waals surface area contributed by atoms with E-state index in [1.807, 2.05) is 36.4 Å². The molecule has 1 aromatic heterocycles. The zero-order chi connectivity index (χ0) is 14.7. The molecule has 0 unspecified atom stereocenters. The summed E-state index contributed by atoms with van der Waals surface area (Å²) in [6, 6.07) is 16.4. The molecule has 21 heavy (non-hydrogen) atoms. The van der Waals surface area contributed by atoms with E-state index in [1.165, 1.54) is 6.07 Å². The molecule has 0 aliphatic carbocycles. The van der Waals surface area contributed by atoms with Crippen LogP contribution in [0.1, 0.15) is 11.1 Å². The normalized spacial score (nSPS) is 9.95. The van der Waals surface area contributed by atoms with E-state index in [1.54, 1.807) is 19.2 Å². The van der Waals surface area contributed by atoms with Crippen LogP contribution in [0.5, 0.6) is 5.75 Å². The van der Waals surface area contributed by atoms with Gasteiger partial charge in [0, 0.05) is 23.1 Å². The smallest absolute Gasteiger partial charge is 0.336 e. The summed E-state index contributed by atoms with van der Waals surface area (Å²) in [7, 11) is 1.57. The average Bonchev–Trinajstić information content (AvgIpc) is 2.53. The van der Waals surface area contributed by atoms with Crippen molar-refractivity contribution in [1.82, 2.24) is 0 Å². The molecule has 3 rings (SSSR count). The van der Waals surface area contributed by atoms with E-state index in [-0.39, 0.29) is 5.63 Å². The van der Waals surface area contributed by atoms with Crippen LogP contribution in [0, 0.1) is 11.8 Å². The lowest BCUT2D eigenvalue weighted by atomic mass is 10.1. The van der Waals surface area contributed by atoms with Gasteiger partial charge in [-0.25, -0.2) is 4.79 Å². The number of methoxy groups -OCH3 is 1. The Morgan fingerprint density at radius 2 is 1.81 bits per heavy atom. The van der Waals surface area contributed by atoms with Crippen LogP contribution in [0.3, 0.4) is 0 Å². The van der Waals surface area contributed by atoms with Gasteiger partial charge in [-0.3, -0.25) is 0 Å². The van der Waals surface area contributed by atoms with Gasteiger partial charge in [0.05, 0.1) is 12.7 Å². The molecule has 0 N–H and O–H groups in total. The van der Waals surface area contributed by atoms with E-state index in [9.17, 15) is 4.79 Å². The molecule has 3 aromatic rings. The van der Waals surface area contributed by atoms with Crippen LogP contribution in [0.15, 0.2) is 63.8 Å². The second-order valence-electron chi connectivity index (χ2n) is 4.46. The lowest BCUT2D eigenvalue weighted by Gasteiger charge is -2.04. The van der Waals surface area contributed by atoms with Crippen molar-refractivity contribution in [3.05, 3.63) is 76.1 Å². The molecule has 0 saturated carbocycles. The van der Waals surface area contributed by atoms with Crippen LogP contribution >= 0.6 is 0 Å². The first-order valence-electron chi connectivity index (χ1n) is 6.45. The van der Waals surface area contributed by atoms with Gasteiger partial charge in [-0.1, -0.05) is 30.0 Å². The molecule has 0 saturated heterocycles. The summed E-state index contributed by atoms with van der Waals surface area (Å²) in [5, 5.41) is 0.813. The van der Waals surface area contributed by atoms with Crippen LogP contribution < -0.4 is 10.4 Å². The number of hydrogen-bond donors (Lipinski definition) is 0. The minimum atomic E-state index is -0.382. The van der Waals surface area contributed by atoms with Gasteiger partial charge in [-0.05, 0) is 24.3 Å². The van der Waals surface area contributed by atoms with Crippen molar-refractivity contribution in [1.29, 1.82) is 0 Å². The highest BCUT2D eigenvalue weighted by atomic mass is 16.5. The van der Waals surface area contributed by atoms with E-state index in [0.717, 1.165) is 16.5 Å². The summed E-state index contributed by atoms with van der Waals surface area (Å²) in [6.45, 7) is 0. The number of rotatable bonds is 1. The third kappa shape index (κ3) is 2.80. The molecule has 0 spiro atoms. The maximum Gasteiger partial charge on any atom is 0.336 e. The Balaban J connectivity index is 2.12. The van der Waals surface area contributed by atoms with Crippen molar-refractivity contribution in [2.75, 3.05) is 7.11 Å². The van der Waals surface area contributed by atoms with Gasteiger partial charge in [0.2, 0.25) is 0 Å². The van der Waals surface area contributed by atoms with Gasteiger partial charge in [0.25, 0.3) is 0 Å². The Hall–Kier alpha value is -2.99. The van der Waals surface area contributed by atoms with Crippen molar-refractivity contribution >= 4 is 11.0 Å². The van der Waals surface area contributed by atoms with E-state index in [0.29, 0.717) is 11.3 Å². The first-order chi connectivity index (χ1) is 10.3. The molecule has 3 nitrogen and oxygen atoms in total. The first-order valence-corrected chi connectivity index (χ1v) is 6.45. The second kappa shape index (κ2) is 5.56.